The van der Waals surface area contributed by atoms with E-state index < -0.39 is 35.0 Å². The Morgan fingerprint density at radius 3 is 1.87 bits per heavy atom. The van der Waals surface area contributed by atoms with E-state index in [-0.39, 0.29) is 0 Å². The highest BCUT2D eigenvalue weighted by Gasteiger charge is 2.57. The van der Waals surface area contributed by atoms with E-state index >= 15 is 0 Å². The van der Waals surface area contributed by atoms with Crippen LogP contribution in [0.3, 0.4) is 0 Å². The molecule has 0 aliphatic heterocycles. The predicted molar refractivity (Wildman–Crippen MR) is 36.7 cm³/mol. The number of rotatable bonds is 4. The van der Waals surface area contributed by atoms with Crippen LogP contribution in [0.15, 0.2) is 0 Å². The lowest BCUT2D eigenvalue weighted by Crippen LogP contribution is -2.45. The van der Waals surface area contributed by atoms with Gasteiger partial charge in [0.05, 0.1) is 6.26 Å². The van der Waals surface area contributed by atoms with E-state index in [0.717, 1.165) is 0 Å². The summed E-state index contributed by atoms with van der Waals surface area (Å²) in [5.41, 5.74) is 0. The van der Waals surface area contributed by atoms with Gasteiger partial charge < -0.3 is 0 Å². The summed E-state index contributed by atoms with van der Waals surface area (Å²) in [7, 11) is -4.35. The van der Waals surface area contributed by atoms with Crippen molar-refractivity contribution in [3.63, 3.8) is 0 Å². The fourth-order valence-electron chi connectivity index (χ4n) is 0.498. The minimum atomic E-state index is -5.77. The van der Waals surface area contributed by atoms with Gasteiger partial charge in [0.25, 0.3) is 16.3 Å². The number of alkyl halides is 6. The van der Waals surface area contributed by atoms with E-state index in [1.807, 2.05) is 0 Å². The van der Waals surface area contributed by atoms with E-state index in [1.165, 1.54) is 0 Å². The largest absolute Gasteiger partial charge is 0.425 e. The van der Waals surface area contributed by atoms with Crippen molar-refractivity contribution in [2.75, 3.05) is 12.9 Å². The van der Waals surface area contributed by atoms with Crippen LogP contribution in [0.4, 0.5) is 26.3 Å². The van der Waals surface area contributed by atoms with Crippen molar-refractivity contribution in [1.29, 1.82) is 0 Å². The third kappa shape index (κ3) is 5.21. The summed E-state index contributed by atoms with van der Waals surface area (Å²) in [6.07, 6.45) is -9.89. The van der Waals surface area contributed by atoms with Crippen molar-refractivity contribution in [3.8, 4) is 0 Å². The first kappa shape index (κ1) is 14.5. The zero-order chi connectivity index (χ0) is 12.5. The fourth-order valence-corrected chi connectivity index (χ4v) is 0.869. The molecule has 0 rings (SSSR count). The number of hydrogen-bond donors (Lipinski definition) is 0. The smallest absolute Gasteiger partial charge is 0.264 e. The molecule has 0 saturated heterocycles. The lowest BCUT2D eigenvalue weighted by Gasteiger charge is -2.21. The van der Waals surface area contributed by atoms with Gasteiger partial charge in [-0.3, -0.25) is 4.18 Å². The molecule has 0 bridgehead atoms. The second-order valence-electron chi connectivity index (χ2n) is 2.63. The van der Waals surface area contributed by atoms with Gasteiger partial charge in [0.15, 0.2) is 0 Å². The first-order valence-corrected chi connectivity index (χ1v) is 5.11. The van der Waals surface area contributed by atoms with Gasteiger partial charge in [-0.15, -0.1) is 0 Å². The molecule has 1 atom stereocenters. The first-order valence-electron chi connectivity index (χ1n) is 3.29. The van der Waals surface area contributed by atoms with Gasteiger partial charge in [-0.1, -0.05) is 0 Å². The van der Waals surface area contributed by atoms with E-state index in [9.17, 15) is 34.8 Å². The number of hydrogen-bond acceptors (Lipinski definition) is 3. The summed E-state index contributed by atoms with van der Waals surface area (Å²) in [4.78, 5) is 0. The second kappa shape index (κ2) is 4.16. The zero-order valence-electron chi connectivity index (χ0n) is 7.19. The Labute approximate surface area is 81.1 Å². The molecule has 0 aromatic heterocycles. The average Bonchev–Trinajstić information content (AvgIpc) is 1.97. The molecular weight excluding hydrogens is 254 g/mol. The molecule has 0 amide bonds. The summed E-state index contributed by atoms with van der Waals surface area (Å²) in [5, 5.41) is 0. The van der Waals surface area contributed by atoms with Gasteiger partial charge in [-0.2, -0.15) is 21.6 Å². The van der Waals surface area contributed by atoms with E-state index in [1.54, 1.807) is 0 Å². The second-order valence-corrected chi connectivity index (χ2v) is 4.28. The molecule has 15 heavy (non-hydrogen) atoms. The molecule has 0 aromatic carbocycles. The van der Waals surface area contributed by atoms with Crippen molar-refractivity contribution >= 4 is 10.1 Å². The Kier molecular flexibility index (Phi) is 4.02. The van der Waals surface area contributed by atoms with Crippen molar-refractivity contribution in [2.24, 2.45) is 0 Å². The Balaban J connectivity index is 4.56. The zero-order valence-corrected chi connectivity index (χ0v) is 8.00. The highest BCUT2D eigenvalue weighted by atomic mass is 32.2. The molecule has 0 saturated carbocycles. The van der Waals surface area contributed by atoms with Crippen LogP contribution in [0.1, 0.15) is 0 Å². The average molecular weight is 260 g/mol. The van der Waals surface area contributed by atoms with Gasteiger partial charge in [0.2, 0.25) is 0 Å². The molecule has 0 aliphatic carbocycles. The molecule has 10 heteroatoms. The molecule has 0 fully saturated rings. The Hall–Kier alpha value is -0.510. The van der Waals surface area contributed by atoms with Crippen LogP contribution >= 0.6 is 0 Å². The highest BCUT2D eigenvalue weighted by Crippen LogP contribution is 2.35. The summed E-state index contributed by atoms with van der Waals surface area (Å²) in [5.74, 6) is -4.94. The molecule has 0 heterocycles. The van der Waals surface area contributed by atoms with Crippen molar-refractivity contribution in [1.82, 2.24) is 0 Å². The first-order chi connectivity index (χ1) is 6.36. The molecular formula is C5H6F6O3S. The fraction of sp³-hybridized carbons (Fsp3) is 1.00. The third-order valence-corrected chi connectivity index (χ3v) is 1.67. The van der Waals surface area contributed by atoms with Gasteiger partial charge in [0, 0.05) is 0 Å². The van der Waals surface area contributed by atoms with E-state index in [2.05, 4.69) is 4.18 Å². The summed E-state index contributed by atoms with van der Waals surface area (Å²) >= 11 is 0. The van der Waals surface area contributed by atoms with Gasteiger partial charge in [0.1, 0.15) is 6.61 Å². The molecule has 0 aliphatic rings. The van der Waals surface area contributed by atoms with Crippen LogP contribution < -0.4 is 0 Å². The molecule has 0 unspecified atom stereocenters. The Morgan fingerprint density at radius 1 is 1.20 bits per heavy atom. The van der Waals surface area contributed by atoms with Crippen LogP contribution in [-0.2, 0) is 14.3 Å². The van der Waals surface area contributed by atoms with Gasteiger partial charge >= 0.3 is 12.1 Å². The number of halogens is 6. The summed E-state index contributed by atoms with van der Waals surface area (Å²) in [6, 6.07) is 0. The standard InChI is InChI=1S/C5H6F6O3S/c1-15(12,13)14-2-4(7,8)3(6)5(9,10)11/h3H,2H2,1H3/t3-/m1/s1. The minimum absolute atomic E-state index is 0.351. The van der Waals surface area contributed by atoms with E-state index in [4.69, 9.17) is 0 Å². The monoisotopic (exact) mass is 260 g/mol. The van der Waals surface area contributed by atoms with Gasteiger partial charge in [-0.05, 0) is 0 Å². The minimum Gasteiger partial charge on any atom is -0.264 e. The molecule has 0 N–H and O–H groups in total. The van der Waals surface area contributed by atoms with Crippen LogP contribution in [0, 0.1) is 0 Å². The van der Waals surface area contributed by atoms with Crippen molar-refractivity contribution in [3.05, 3.63) is 0 Å². The van der Waals surface area contributed by atoms with Crippen LogP contribution in [0.5, 0.6) is 0 Å². The summed E-state index contributed by atoms with van der Waals surface area (Å²) < 4.78 is 95.1. The van der Waals surface area contributed by atoms with Crippen LogP contribution in [0.25, 0.3) is 0 Å². The predicted octanol–water partition coefficient (Wildman–Crippen LogP) is 1.50. The van der Waals surface area contributed by atoms with Crippen molar-refractivity contribution < 1.29 is 38.9 Å². The maximum atomic E-state index is 12.4. The Bertz CT molecular complexity index is 307. The normalized spacial score (nSPS) is 16.5. The third-order valence-electron chi connectivity index (χ3n) is 1.12. The van der Waals surface area contributed by atoms with Crippen LogP contribution in [-0.4, -0.2) is 39.6 Å². The molecule has 0 spiro atoms. The molecule has 0 aromatic rings. The molecule has 0 radical (unpaired) electrons. The highest BCUT2D eigenvalue weighted by molar-refractivity contribution is 7.85. The van der Waals surface area contributed by atoms with Crippen LogP contribution in [0.2, 0.25) is 0 Å². The van der Waals surface area contributed by atoms with Gasteiger partial charge in [-0.25, -0.2) is 13.2 Å². The maximum Gasteiger partial charge on any atom is 0.425 e. The quantitative estimate of drug-likeness (QED) is 0.568. The topological polar surface area (TPSA) is 43.4 Å². The summed E-state index contributed by atoms with van der Waals surface area (Å²) in [6.45, 7) is -2.19. The lowest BCUT2D eigenvalue weighted by atomic mass is 10.2. The van der Waals surface area contributed by atoms with E-state index in [0.29, 0.717) is 6.26 Å². The van der Waals surface area contributed by atoms with Crippen molar-refractivity contribution in [2.45, 2.75) is 18.3 Å². The molecule has 92 valence electrons. The molecule has 3 nitrogen and oxygen atoms in total. The maximum absolute atomic E-state index is 12.4. The Morgan fingerprint density at radius 2 is 1.60 bits per heavy atom. The SMILES string of the molecule is CS(=O)(=O)OCC(F)(F)[C@@H](F)C(F)(F)F. The lowest BCUT2D eigenvalue weighted by molar-refractivity contribution is -0.249.